The molecule has 8 nitrogen and oxygen atoms in total. The minimum absolute atomic E-state index is 0.119. The molecule has 34 heavy (non-hydrogen) atoms. The Hall–Kier alpha value is -3.69. The lowest BCUT2D eigenvalue weighted by atomic mass is 10.1. The Morgan fingerprint density at radius 2 is 1.82 bits per heavy atom. The Morgan fingerprint density at radius 1 is 1.06 bits per heavy atom. The van der Waals surface area contributed by atoms with E-state index in [1.807, 2.05) is 19.9 Å². The van der Waals surface area contributed by atoms with Crippen molar-refractivity contribution >= 4 is 50.7 Å². The summed E-state index contributed by atoms with van der Waals surface area (Å²) in [5.74, 6) is -1.22. The molecule has 0 radical (unpaired) electrons. The largest absolute Gasteiger partial charge is 0.465 e. The molecule has 0 aliphatic heterocycles. The number of halogens is 1. The van der Waals surface area contributed by atoms with E-state index in [1.54, 1.807) is 23.6 Å². The molecule has 0 fully saturated rings. The van der Waals surface area contributed by atoms with Crippen molar-refractivity contribution in [2.75, 3.05) is 12.4 Å². The van der Waals surface area contributed by atoms with Gasteiger partial charge in [0.1, 0.15) is 11.2 Å². The van der Waals surface area contributed by atoms with Crippen LogP contribution in [0.1, 0.15) is 21.5 Å². The quantitative estimate of drug-likeness (QED) is 0.421. The molecule has 2 heterocycles. The van der Waals surface area contributed by atoms with E-state index in [2.05, 4.69) is 5.32 Å². The van der Waals surface area contributed by atoms with Crippen LogP contribution in [0.3, 0.4) is 0 Å². The van der Waals surface area contributed by atoms with Crippen LogP contribution in [0.5, 0.6) is 0 Å². The topological polar surface area (TPSA) is 99.4 Å². The van der Waals surface area contributed by atoms with Crippen molar-refractivity contribution in [3.8, 4) is 5.69 Å². The first-order chi connectivity index (χ1) is 16.2. The zero-order chi connectivity index (χ0) is 24.6. The number of hydrogen-bond acceptors (Lipinski definition) is 6. The van der Waals surface area contributed by atoms with Crippen molar-refractivity contribution in [2.24, 2.45) is 0 Å². The number of nitrogens with one attached hydrogen (secondary N) is 1. The normalized spacial score (nSPS) is 10.9. The Kier molecular flexibility index (Phi) is 6.41. The highest BCUT2D eigenvalue weighted by atomic mass is 35.5. The van der Waals surface area contributed by atoms with Crippen LogP contribution in [0.2, 0.25) is 5.02 Å². The molecule has 4 aromatic rings. The molecule has 2 aromatic heterocycles. The first-order valence-corrected chi connectivity index (χ1v) is 11.5. The summed E-state index contributed by atoms with van der Waals surface area (Å²) in [4.78, 5) is 51.6. The van der Waals surface area contributed by atoms with Gasteiger partial charge in [0.25, 0.3) is 5.56 Å². The number of amides is 1. The molecule has 0 saturated carbocycles. The highest BCUT2D eigenvalue weighted by molar-refractivity contribution is 7.17. The number of aromatic nitrogens is 2. The lowest BCUT2D eigenvalue weighted by Crippen LogP contribution is -2.40. The fourth-order valence-corrected chi connectivity index (χ4v) is 4.57. The van der Waals surface area contributed by atoms with Gasteiger partial charge in [-0.2, -0.15) is 0 Å². The van der Waals surface area contributed by atoms with Crippen LogP contribution in [-0.4, -0.2) is 28.1 Å². The molecule has 0 unspecified atom stereocenters. The van der Waals surface area contributed by atoms with Crippen LogP contribution < -0.4 is 16.6 Å². The highest BCUT2D eigenvalue weighted by Gasteiger charge is 2.19. The number of ether oxygens (including phenoxy) is 1. The molecule has 0 atom stereocenters. The molecule has 10 heteroatoms. The van der Waals surface area contributed by atoms with Crippen molar-refractivity contribution in [3.63, 3.8) is 0 Å². The minimum atomic E-state index is -0.646. The van der Waals surface area contributed by atoms with E-state index in [-0.39, 0.29) is 17.8 Å². The zero-order valence-electron chi connectivity index (χ0n) is 18.5. The summed E-state index contributed by atoms with van der Waals surface area (Å²) in [5, 5.41) is 4.62. The predicted octanol–water partition coefficient (Wildman–Crippen LogP) is 3.91. The number of hydrogen-bond donors (Lipinski definition) is 1. The lowest BCUT2D eigenvalue weighted by molar-refractivity contribution is -0.116. The van der Waals surface area contributed by atoms with E-state index < -0.39 is 23.1 Å². The number of carbonyl (C=O) groups is 2. The Morgan fingerprint density at radius 3 is 2.53 bits per heavy atom. The number of aryl methyl sites for hydroxylation is 2. The maximum atomic E-state index is 13.4. The molecule has 4 rings (SSSR count). The Balaban J connectivity index is 1.78. The third kappa shape index (κ3) is 4.27. The van der Waals surface area contributed by atoms with Gasteiger partial charge in [-0.05, 0) is 66.8 Å². The summed E-state index contributed by atoms with van der Waals surface area (Å²) in [7, 11) is 1.23. The average Bonchev–Trinajstić information content (AvgIpc) is 3.29. The molecule has 0 aliphatic carbocycles. The fourth-order valence-electron chi connectivity index (χ4n) is 3.57. The molecule has 1 N–H and O–H groups in total. The van der Waals surface area contributed by atoms with Crippen molar-refractivity contribution < 1.29 is 14.3 Å². The molecule has 1 amide bonds. The molecule has 2 aromatic carbocycles. The average molecular weight is 498 g/mol. The van der Waals surface area contributed by atoms with Gasteiger partial charge in [-0.15, -0.1) is 11.3 Å². The summed E-state index contributed by atoms with van der Waals surface area (Å²) in [5.41, 5.74) is 1.91. The van der Waals surface area contributed by atoms with Gasteiger partial charge in [-0.3, -0.25) is 14.2 Å². The Bertz CT molecular complexity index is 1570. The van der Waals surface area contributed by atoms with Crippen molar-refractivity contribution in [2.45, 2.75) is 20.4 Å². The van der Waals surface area contributed by atoms with Crippen LogP contribution in [0.25, 0.3) is 15.9 Å². The summed E-state index contributed by atoms with van der Waals surface area (Å²) in [6.45, 7) is 3.44. The van der Waals surface area contributed by atoms with Crippen LogP contribution >= 0.6 is 22.9 Å². The monoisotopic (exact) mass is 497 g/mol. The molecular formula is C24H20ClN3O5S. The summed E-state index contributed by atoms with van der Waals surface area (Å²) < 4.78 is 7.41. The summed E-state index contributed by atoms with van der Waals surface area (Å²) >= 11 is 7.22. The van der Waals surface area contributed by atoms with Gasteiger partial charge in [-0.1, -0.05) is 17.7 Å². The van der Waals surface area contributed by atoms with E-state index in [0.717, 1.165) is 15.7 Å². The van der Waals surface area contributed by atoms with Crippen LogP contribution in [0.15, 0.2) is 57.4 Å². The second-order valence-corrected chi connectivity index (χ2v) is 9.00. The number of thiophene rings is 1. The van der Waals surface area contributed by atoms with Gasteiger partial charge in [0.05, 0.1) is 29.6 Å². The molecule has 0 aliphatic rings. The fraction of sp³-hybridized carbons (Fsp3) is 0.167. The zero-order valence-corrected chi connectivity index (χ0v) is 20.1. The highest BCUT2D eigenvalue weighted by Crippen LogP contribution is 2.23. The van der Waals surface area contributed by atoms with E-state index in [1.165, 1.54) is 41.2 Å². The molecule has 0 saturated heterocycles. The van der Waals surface area contributed by atoms with Crippen LogP contribution in [-0.2, 0) is 16.1 Å². The second-order valence-electron chi connectivity index (χ2n) is 7.64. The number of benzene rings is 2. The van der Waals surface area contributed by atoms with Crippen molar-refractivity contribution in [3.05, 3.63) is 90.4 Å². The van der Waals surface area contributed by atoms with Gasteiger partial charge in [0.2, 0.25) is 5.91 Å². The SMILES string of the molecule is COC(=O)c1ccc(Cl)cc1NC(=O)Cn1c(=O)n(-c2ccc(C)c(C)c2)c(=O)c2sccc21. The third-order valence-electron chi connectivity index (χ3n) is 5.47. The van der Waals surface area contributed by atoms with Crippen LogP contribution in [0.4, 0.5) is 5.69 Å². The van der Waals surface area contributed by atoms with E-state index in [0.29, 0.717) is 20.9 Å². The van der Waals surface area contributed by atoms with Crippen LogP contribution in [0, 0.1) is 13.8 Å². The smallest absolute Gasteiger partial charge is 0.339 e. The number of anilines is 1. The summed E-state index contributed by atoms with van der Waals surface area (Å²) in [6, 6.07) is 11.3. The maximum Gasteiger partial charge on any atom is 0.339 e. The minimum Gasteiger partial charge on any atom is -0.465 e. The van der Waals surface area contributed by atoms with E-state index >= 15 is 0 Å². The van der Waals surface area contributed by atoms with Crippen molar-refractivity contribution in [1.82, 2.24) is 9.13 Å². The third-order valence-corrected chi connectivity index (χ3v) is 6.59. The number of methoxy groups -OCH3 is 1. The van der Waals surface area contributed by atoms with Gasteiger partial charge < -0.3 is 10.1 Å². The maximum absolute atomic E-state index is 13.4. The summed E-state index contributed by atoms with van der Waals surface area (Å²) in [6.07, 6.45) is 0. The lowest BCUT2D eigenvalue weighted by Gasteiger charge is -2.14. The van der Waals surface area contributed by atoms with Gasteiger partial charge in [0.15, 0.2) is 0 Å². The first kappa shape index (κ1) is 23.5. The number of esters is 1. The number of carbonyl (C=O) groups excluding carboxylic acids is 2. The predicted molar refractivity (Wildman–Crippen MR) is 133 cm³/mol. The van der Waals surface area contributed by atoms with Gasteiger partial charge in [0, 0.05) is 5.02 Å². The Labute approximate surface area is 203 Å². The number of nitrogens with zero attached hydrogens (tertiary/aromatic N) is 2. The molecule has 0 bridgehead atoms. The standard InChI is InChI=1S/C24H20ClN3O5S/c1-13-4-6-16(10-14(13)2)28-22(30)21-19(8-9-34-21)27(24(28)32)12-20(29)26-18-11-15(25)5-7-17(18)23(31)33-3/h4-11H,12H2,1-3H3,(H,26,29). The number of rotatable bonds is 5. The number of fused-ring (bicyclic) bond motifs is 1. The molecular weight excluding hydrogens is 478 g/mol. The van der Waals surface area contributed by atoms with E-state index in [4.69, 9.17) is 16.3 Å². The van der Waals surface area contributed by atoms with Gasteiger partial charge >= 0.3 is 11.7 Å². The van der Waals surface area contributed by atoms with Gasteiger partial charge in [-0.25, -0.2) is 14.2 Å². The van der Waals surface area contributed by atoms with E-state index in [9.17, 15) is 19.2 Å². The molecule has 0 spiro atoms. The first-order valence-electron chi connectivity index (χ1n) is 10.2. The van der Waals surface area contributed by atoms with Crippen molar-refractivity contribution in [1.29, 1.82) is 0 Å². The second kappa shape index (κ2) is 9.28. The molecule has 174 valence electrons.